The molecule has 0 atom stereocenters. The molecule has 5 heteroatoms. The average molecular weight is 428 g/mol. The van der Waals surface area contributed by atoms with E-state index in [2.05, 4.69) is 43.1 Å². The zero-order valence-electron chi connectivity index (χ0n) is 18.2. The van der Waals surface area contributed by atoms with Gasteiger partial charge in [0.25, 0.3) is 0 Å². The lowest BCUT2D eigenvalue weighted by molar-refractivity contribution is 0.220. The number of aromatic nitrogens is 1. The highest BCUT2D eigenvalue weighted by molar-refractivity contribution is 7.18. The molecule has 0 spiro atoms. The van der Waals surface area contributed by atoms with Crippen LogP contribution in [0.15, 0.2) is 39.5 Å². The van der Waals surface area contributed by atoms with Gasteiger partial charge in [-0.3, -0.25) is 0 Å². The fourth-order valence-electron chi connectivity index (χ4n) is 3.53. The molecule has 2 heterocycles. The Morgan fingerprint density at radius 3 is 2.40 bits per heavy atom. The van der Waals surface area contributed by atoms with Gasteiger partial charge in [0.1, 0.15) is 4.83 Å². The van der Waals surface area contributed by atoms with Gasteiger partial charge in [-0.2, -0.15) is 4.98 Å². The smallest absolute Gasteiger partial charge is 0.397 e. The van der Waals surface area contributed by atoms with Crippen LogP contribution in [0.1, 0.15) is 74.3 Å². The Balaban J connectivity index is 1.47. The monoisotopic (exact) mass is 427 g/mol. The summed E-state index contributed by atoms with van der Waals surface area (Å²) in [5, 5.41) is 0.570. The summed E-state index contributed by atoms with van der Waals surface area (Å²) in [4.78, 5) is 18.6. The first kappa shape index (κ1) is 22.5. The minimum atomic E-state index is -0.358. The highest BCUT2D eigenvalue weighted by atomic mass is 32.1. The summed E-state index contributed by atoms with van der Waals surface area (Å²) in [6.07, 6.45) is 12.2. The molecule has 0 aliphatic heterocycles. The van der Waals surface area contributed by atoms with Crippen molar-refractivity contribution in [2.24, 2.45) is 0 Å². The summed E-state index contributed by atoms with van der Waals surface area (Å²) in [6, 6.07) is 10.3. The normalized spacial score (nSPS) is 11.3. The Morgan fingerprint density at radius 2 is 1.67 bits per heavy atom. The van der Waals surface area contributed by atoms with E-state index in [4.69, 9.17) is 9.15 Å². The van der Waals surface area contributed by atoms with Crippen LogP contribution < -0.4 is 10.4 Å². The topological polar surface area (TPSA) is 52.3 Å². The fraction of sp³-hybridized carbons (Fsp3) is 0.520. The molecule has 0 radical (unpaired) electrons. The zero-order valence-corrected chi connectivity index (χ0v) is 19.1. The van der Waals surface area contributed by atoms with Gasteiger partial charge in [0.05, 0.1) is 12.0 Å². The molecule has 0 aliphatic carbocycles. The molecule has 0 bridgehead atoms. The number of ether oxygens (including phenoxy) is 1. The first-order valence-corrected chi connectivity index (χ1v) is 12.1. The van der Waals surface area contributed by atoms with Crippen molar-refractivity contribution in [3.05, 3.63) is 56.8 Å². The van der Waals surface area contributed by atoms with Crippen LogP contribution >= 0.6 is 11.3 Å². The Morgan fingerprint density at radius 1 is 0.967 bits per heavy atom. The van der Waals surface area contributed by atoms with Crippen LogP contribution in [0.25, 0.3) is 10.2 Å². The van der Waals surface area contributed by atoms with E-state index >= 15 is 0 Å². The molecule has 0 aliphatic rings. The number of nitrogens with zero attached hydrogens (tertiary/aromatic N) is 1. The van der Waals surface area contributed by atoms with Crippen LogP contribution in [-0.4, -0.2) is 11.6 Å². The van der Waals surface area contributed by atoms with Gasteiger partial charge in [-0.15, -0.1) is 11.3 Å². The average Bonchev–Trinajstić information content (AvgIpc) is 3.15. The number of benzene rings is 1. The molecule has 3 rings (SSSR count). The first-order valence-electron chi connectivity index (χ1n) is 11.3. The van der Waals surface area contributed by atoms with Crippen molar-refractivity contribution in [3.63, 3.8) is 0 Å². The maximum atomic E-state index is 12.3. The van der Waals surface area contributed by atoms with E-state index < -0.39 is 0 Å². The minimum absolute atomic E-state index is 0.0695. The summed E-state index contributed by atoms with van der Waals surface area (Å²) < 4.78 is 10.9. The third kappa shape index (κ3) is 6.98. The van der Waals surface area contributed by atoms with Crippen LogP contribution in [0.5, 0.6) is 6.08 Å². The molecular formula is C25H33NO3S. The number of aryl methyl sites for hydroxylation is 2. The summed E-state index contributed by atoms with van der Waals surface area (Å²) >= 11 is 1.58. The molecule has 2 aromatic heterocycles. The molecule has 0 amide bonds. The van der Waals surface area contributed by atoms with Gasteiger partial charge >= 0.3 is 11.7 Å². The third-order valence-corrected chi connectivity index (χ3v) is 6.46. The van der Waals surface area contributed by atoms with E-state index in [0.29, 0.717) is 16.8 Å². The maximum Gasteiger partial charge on any atom is 0.397 e. The summed E-state index contributed by atoms with van der Waals surface area (Å²) in [5.74, 6) is 0. The predicted molar refractivity (Wildman–Crippen MR) is 125 cm³/mol. The number of thiophene rings is 1. The van der Waals surface area contributed by atoms with Crippen molar-refractivity contribution in [3.8, 4) is 6.08 Å². The van der Waals surface area contributed by atoms with Gasteiger partial charge in [0.2, 0.25) is 0 Å². The Labute approximate surface area is 183 Å². The van der Waals surface area contributed by atoms with Crippen molar-refractivity contribution in [2.45, 2.75) is 78.1 Å². The van der Waals surface area contributed by atoms with E-state index in [9.17, 15) is 4.79 Å². The van der Waals surface area contributed by atoms with Crippen LogP contribution in [0.2, 0.25) is 0 Å². The van der Waals surface area contributed by atoms with Crippen LogP contribution in [0.4, 0.5) is 0 Å². The van der Waals surface area contributed by atoms with E-state index in [-0.39, 0.29) is 11.7 Å². The molecule has 0 unspecified atom stereocenters. The van der Waals surface area contributed by atoms with Crippen molar-refractivity contribution >= 4 is 21.6 Å². The fourth-order valence-corrected chi connectivity index (χ4v) is 4.57. The quantitative estimate of drug-likeness (QED) is 0.280. The van der Waals surface area contributed by atoms with Crippen LogP contribution in [0, 0.1) is 6.92 Å². The Bertz CT molecular complexity index is 959. The summed E-state index contributed by atoms with van der Waals surface area (Å²) in [5.41, 5.74) is 2.06. The Hall–Kier alpha value is -2.14. The highest BCUT2D eigenvalue weighted by Crippen LogP contribution is 2.25. The second kappa shape index (κ2) is 11.9. The molecule has 3 aromatic rings. The van der Waals surface area contributed by atoms with E-state index in [1.54, 1.807) is 11.3 Å². The van der Waals surface area contributed by atoms with Gasteiger partial charge in [-0.25, -0.2) is 4.79 Å². The van der Waals surface area contributed by atoms with Gasteiger partial charge in [-0.05, 0) is 31.4 Å². The minimum Gasteiger partial charge on any atom is -0.450 e. The van der Waals surface area contributed by atoms with Crippen molar-refractivity contribution in [1.82, 2.24) is 4.98 Å². The number of fused-ring (bicyclic) bond motifs is 1. The zero-order chi connectivity index (χ0) is 21.2. The Kier molecular flexibility index (Phi) is 8.94. The molecule has 0 fully saturated rings. The van der Waals surface area contributed by atoms with Gasteiger partial charge in [0, 0.05) is 11.3 Å². The first-order chi connectivity index (χ1) is 14.7. The SMILES string of the molecule is CCCCCCCCCCc1cc2c(=O)oc(OCCc3ccc(C)cc3)nc2s1. The lowest BCUT2D eigenvalue weighted by Gasteiger charge is -2.04. The van der Waals surface area contributed by atoms with E-state index in [0.717, 1.165) is 19.3 Å². The van der Waals surface area contributed by atoms with Crippen LogP contribution in [-0.2, 0) is 12.8 Å². The standard InChI is InChI=1S/C25H33NO3S/c1-3-4-5-6-7-8-9-10-11-21-18-22-23(30-21)26-25(29-24(22)27)28-17-16-20-14-12-19(2)13-15-20/h12-15,18H,3-11,16-17H2,1-2H3. The van der Waals surface area contributed by atoms with Gasteiger partial charge < -0.3 is 9.15 Å². The van der Waals surface area contributed by atoms with Gasteiger partial charge in [-0.1, -0.05) is 81.7 Å². The second-order valence-electron chi connectivity index (χ2n) is 8.01. The molecule has 30 heavy (non-hydrogen) atoms. The highest BCUT2D eigenvalue weighted by Gasteiger charge is 2.12. The lowest BCUT2D eigenvalue weighted by Crippen LogP contribution is -2.06. The van der Waals surface area contributed by atoms with Gasteiger partial charge in [0.15, 0.2) is 0 Å². The summed E-state index contributed by atoms with van der Waals surface area (Å²) in [6.45, 7) is 4.75. The molecule has 1 aromatic carbocycles. The molecule has 162 valence electrons. The molecule has 0 saturated carbocycles. The number of unbranched alkanes of at least 4 members (excludes halogenated alkanes) is 7. The molecule has 0 N–H and O–H groups in total. The van der Waals surface area contributed by atoms with E-state index in [1.165, 1.54) is 60.9 Å². The molecule has 4 nitrogen and oxygen atoms in total. The van der Waals surface area contributed by atoms with Crippen LogP contribution in [0.3, 0.4) is 0 Å². The molecular weight excluding hydrogens is 394 g/mol. The number of hydrogen-bond donors (Lipinski definition) is 0. The van der Waals surface area contributed by atoms with Crippen molar-refractivity contribution in [1.29, 1.82) is 0 Å². The van der Waals surface area contributed by atoms with Crippen molar-refractivity contribution in [2.75, 3.05) is 6.61 Å². The number of rotatable bonds is 13. The maximum absolute atomic E-state index is 12.3. The number of hydrogen-bond acceptors (Lipinski definition) is 5. The largest absolute Gasteiger partial charge is 0.450 e. The van der Waals surface area contributed by atoms with Crippen molar-refractivity contribution < 1.29 is 9.15 Å². The molecule has 0 saturated heterocycles. The lowest BCUT2D eigenvalue weighted by atomic mass is 10.1. The van der Waals surface area contributed by atoms with E-state index in [1.807, 2.05) is 6.07 Å². The second-order valence-corrected chi connectivity index (χ2v) is 9.12. The third-order valence-electron chi connectivity index (χ3n) is 5.37. The summed E-state index contributed by atoms with van der Waals surface area (Å²) in [7, 11) is 0. The predicted octanol–water partition coefficient (Wildman–Crippen LogP) is 6.86.